The highest BCUT2D eigenvalue weighted by atomic mass is 32.2. The molecule has 1 atom stereocenters. The summed E-state index contributed by atoms with van der Waals surface area (Å²) in [4.78, 5) is 39.9. The summed E-state index contributed by atoms with van der Waals surface area (Å²) in [5.74, 6) is -1.11. The molecule has 2 amide bonds. The standard InChI is InChI=1S/C20H17NO4S2/c1-13(19(23)25-2)21-18(22)17(27-20(21)24)12-14-8-6-7-11-16(14)26-15-9-4-3-5-10-15/h3-13H,1-2H3/b17-12-/t13-/m0/s1. The summed E-state index contributed by atoms with van der Waals surface area (Å²) in [7, 11) is 1.23. The van der Waals surface area contributed by atoms with Gasteiger partial charge in [-0.2, -0.15) is 0 Å². The normalized spacial score (nSPS) is 16.7. The van der Waals surface area contributed by atoms with E-state index in [1.165, 1.54) is 14.0 Å². The smallest absolute Gasteiger partial charge is 0.328 e. The van der Waals surface area contributed by atoms with Crippen LogP contribution in [0.5, 0.6) is 0 Å². The van der Waals surface area contributed by atoms with E-state index >= 15 is 0 Å². The first-order valence-corrected chi connectivity index (χ1v) is 9.81. The topological polar surface area (TPSA) is 63.7 Å². The van der Waals surface area contributed by atoms with Crippen molar-refractivity contribution < 1.29 is 19.1 Å². The first-order chi connectivity index (χ1) is 13.0. The van der Waals surface area contributed by atoms with E-state index in [1.54, 1.807) is 17.8 Å². The van der Waals surface area contributed by atoms with E-state index in [9.17, 15) is 14.4 Å². The van der Waals surface area contributed by atoms with E-state index in [0.717, 1.165) is 32.0 Å². The summed E-state index contributed by atoms with van der Waals surface area (Å²) < 4.78 is 4.64. The van der Waals surface area contributed by atoms with Crippen LogP contribution in [0.4, 0.5) is 4.79 Å². The zero-order valence-corrected chi connectivity index (χ0v) is 16.4. The van der Waals surface area contributed by atoms with Crippen LogP contribution in [0.25, 0.3) is 6.08 Å². The Morgan fingerprint density at radius 1 is 1.11 bits per heavy atom. The average molecular weight is 399 g/mol. The summed E-state index contributed by atoms with van der Waals surface area (Å²) in [5, 5.41) is -0.475. The van der Waals surface area contributed by atoms with Crippen molar-refractivity contribution in [2.24, 2.45) is 0 Å². The van der Waals surface area contributed by atoms with Crippen molar-refractivity contribution in [1.82, 2.24) is 4.90 Å². The van der Waals surface area contributed by atoms with Gasteiger partial charge < -0.3 is 4.74 Å². The molecule has 0 radical (unpaired) electrons. The lowest BCUT2D eigenvalue weighted by atomic mass is 10.2. The zero-order valence-electron chi connectivity index (χ0n) is 14.7. The number of carbonyl (C=O) groups is 3. The molecule has 0 N–H and O–H groups in total. The Hall–Kier alpha value is -2.51. The van der Waals surface area contributed by atoms with Gasteiger partial charge in [0.25, 0.3) is 11.1 Å². The highest BCUT2D eigenvalue weighted by Gasteiger charge is 2.41. The van der Waals surface area contributed by atoms with E-state index in [0.29, 0.717) is 0 Å². The molecule has 7 heteroatoms. The fraction of sp³-hybridized carbons (Fsp3) is 0.150. The van der Waals surface area contributed by atoms with E-state index in [4.69, 9.17) is 0 Å². The summed E-state index contributed by atoms with van der Waals surface area (Å²) in [6, 6.07) is 16.6. The van der Waals surface area contributed by atoms with Crippen LogP contribution in [0.1, 0.15) is 12.5 Å². The molecule has 1 aliphatic heterocycles. The predicted octanol–water partition coefficient (Wildman–Crippen LogP) is 4.44. The number of hydrogen-bond donors (Lipinski definition) is 0. The van der Waals surface area contributed by atoms with Gasteiger partial charge in [0.05, 0.1) is 12.0 Å². The number of nitrogens with zero attached hydrogens (tertiary/aromatic N) is 1. The van der Waals surface area contributed by atoms with Gasteiger partial charge in [-0.1, -0.05) is 48.2 Å². The quantitative estimate of drug-likeness (QED) is 0.547. The van der Waals surface area contributed by atoms with Crippen molar-refractivity contribution in [2.45, 2.75) is 22.8 Å². The average Bonchev–Trinajstić information content (AvgIpc) is 2.96. The third kappa shape index (κ3) is 4.26. The molecule has 1 heterocycles. The van der Waals surface area contributed by atoms with Gasteiger partial charge in [-0.15, -0.1) is 0 Å². The molecule has 2 aromatic rings. The molecule has 1 fully saturated rings. The number of amides is 2. The molecule has 0 unspecified atom stereocenters. The molecular weight excluding hydrogens is 382 g/mol. The van der Waals surface area contributed by atoms with Crippen LogP contribution in [0.2, 0.25) is 0 Å². The van der Waals surface area contributed by atoms with Crippen LogP contribution in [-0.4, -0.2) is 35.2 Å². The predicted molar refractivity (Wildman–Crippen MR) is 106 cm³/mol. The number of imide groups is 1. The Kier molecular flexibility index (Phi) is 6.03. The second-order valence-electron chi connectivity index (χ2n) is 5.70. The first kappa shape index (κ1) is 19.3. The number of methoxy groups -OCH3 is 1. The summed E-state index contributed by atoms with van der Waals surface area (Å²) >= 11 is 2.41. The van der Waals surface area contributed by atoms with Crippen molar-refractivity contribution in [1.29, 1.82) is 0 Å². The minimum atomic E-state index is -0.956. The van der Waals surface area contributed by atoms with E-state index < -0.39 is 23.2 Å². The third-order valence-corrected chi connectivity index (χ3v) is 5.91. The molecule has 3 rings (SSSR count). The maximum Gasteiger partial charge on any atom is 0.328 e. The van der Waals surface area contributed by atoms with Crippen LogP contribution in [-0.2, 0) is 14.3 Å². The highest BCUT2D eigenvalue weighted by Crippen LogP contribution is 2.37. The van der Waals surface area contributed by atoms with Gasteiger partial charge in [-0.05, 0) is 48.5 Å². The number of carbonyl (C=O) groups excluding carboxylic acids is 3. The number of hydrogen-bond acceptors (Lipinski definition) is 6. The second-order valence-corrected chi connectivity index (χ2v) is 7.81. The van der Waals surface area contributed by atoms with Gasteiger partial charge >= 0.3 is 5.97 Å². The molecule has 138 valence electrons. The van der Waals surface area contributed by atoms with Crippen molar-refractivity contribution in [3.63, 3.8) is 0 Å². The van der Waals surface area contributed by atoms with Crippen molar-refractivity contribution in [3.05, 3.63) is 65.1 Å². The van der Waals surface area contributed by atoms with E-state index in [2.05, 4.69) is 4.74 Å². The van der Waals surface area contributed by atoms with E-state index in [1.807, 2.05) is 54.6 Å². The lowest BCUT2D eigenvalue weighted by molar-refractivity contribution is -0.148. The van der Waals surface area contributed by atoms with Crippen LogP contribution in [0, 0.1) is 0 Å². The molecule has 0 spiro atoms. The lowest BCUT2D eigenvalue weighted by Gasteiger charge is -2.18. The second kappa shape index (κ2) is 8.45. The highest BCUT2D eigenvalue weighted by molar-refractivity contribution is 8.18. The minimum absolute atomic E-state index is 0.289. The van der Waals surface area contributed by atoms with Crippen molar-refractivity contribution in [3.8, 4) is 0 Å². The van der Waals surface area contributed by atoms with E-state index in [-0.39, 0.29) is 4.91 Å². The number of ether oxygens (including phenoxy) is 1. The molecule has 5 nitrogen and oxygen atoms in total. The molecule has 0 bridgehead atoms. The number of benzene rings is 2. The summed E-state index contributed by atoms with van der Waals surface area (Å²) in [6.45, 7) is 1.48. The fourth-order valence-corrected chi connectivity index (χ4v) is 4.38. The van der Waals surface area contributed by atoms with Gasteiger partial charge in [-0.3, -0.25) is 14.5 Å². The molecule has 27 heavy (non-hydrogen) atoms. The van der Waals surface area contributed by atoms with Crippen molar-refractivity contribution >= 4 is 46.7 Å². The van der Waals surface area contributed by atoms with Crippen molar-refractivity contribution in [2.75, 3.05) is 7.11 Å². The lowest BCUT2D eigenvalue weighted by Crippen LogP contribution is -2.42. The monoisotopic (exact) mass is 399 g/mol. The minimum Gasteiger partial charge on any atom is -0.467 e. The van der Waals surface area contributed by atoms with Gasteiger partial charge in [0.1, 0.15) is 6.04 Å². The van der Waals surface area contributed by atoms with Crippen LogP contribution in [0.15, 0.2) is 69.3 Å². The SMILES string of the molecule is COC(=O)[C@H](C)N1C(=O)S/C(=C\c2ccccc2Sc2ccccc2)C1=O. The molecule has 1 saturated heterocycles. The number of esters is 1. The Morgan fingerprint density at radius 3 is 2.48 bits per heavy atom. The fourth-order valence-electron chi connectivity index (χ4n) is 2.54. The molecule has 0 aromatic heterocycles. The van der Waals surface area contributed by atoms with Gasteiger partial charge in [0.2, 0.25) is 0 Å². The summed E-state index contributed by atoms with van der Waals surface area (Å²) in [6.07, 6.45) is 1.69. The Bertz CT molecular complexity index is 911. The molecule has 0 aliphatic carbocycles. The molecule has 2 aromatic carbocycles. The molecule has 0 saturated carbocycles. The summed E-state index contributed by atoms with van der Waals surface area (Å²) in [5.41, 5.74) is 0.836. The van der Waals surface area contributed by atoms with Crippen LogP contribution >= 0.6 is 23.5 Å². The Labute approximate surface area is 165 Å². The molecule has 1 aliphatic rings. The maximum absolute atomic E-state index is 12.7. The first-order valence-electron chi connectivity index (χ1n) is 8.18. The van der Waals surface area contributed by atoms with Gasteiger partial charge in [0.15, 0.2) is 0 Å². The maximum atomic E-state index is 12.7. The van der Waals surface area contributed by atoms with Gasteiger partial charge in [-0.25, -0.2) is 4.79 Å². The third-order valence-electron chi connectivity index (χ3n) is 3.93. The van der Waals surface area contributed by atoms with Crippen LogP contribution in [0.3, 0.4) is 0 Å². The van der Waals surface area contributed by atoms with Gasteiger partial charge in [0, 0.05) is 9.79 Å². The zero-order chi connectivity index (χ0) is 19.4. The number of rotatable bonds is 5. The Balaban J connectivity index is 1.88. The van der Waals surface area contributed by atoms with Crippen LogP contribution < -0.4 is 0 Å². The largest absolute Gasteiger partial charge is 0.467 e. The number of thioether (sulfide) groups is 1. The molecular formula is C20H17NO4S2. The Morgan fingerprint density at radius 2 is 1.78 bits per heavy atom.